The second-order valence-electron chi connectivity index (χ2n) is 5.83. The van der Waals surface area contributed by atoms with Crippen LogP contribution in [-0.4, -0.2) is 34.4 Å². The Hall–Kier alpha value is -2.09. The predicted molar refractivity (Wildman–Crippen MR) is 109 cm³/mol. The van der Waals surface area contributed by atoms with Crippen molar-refractivity contribution in [2.24, 2.45) is 5.10 Å². The Morgan fingerprint density at radius 1 is 1.30 bits per heavy atom. The summed E-state index contributed by atoms with van der Waals surface area (Å²) < 4.78 is 5.62. The molecule has 1 amide bonds. The average molecular weight is 423 g/mol. The van der Waals surface area contributed by atoms with E-state index in [1.165, 1.54) is 18.0 Å². The molecule has 9 heteroatoms. The van der Waals surface area contributed by atoms with Gasteiger partial charge in [-0.3, -0.25) is 4.79 Å². The number of ether oxygens (including phenoxy) is 1. The van der Waals surface area contributed by atoms with E-state index in [1.54, 1.807) is 12.1 Å². The van der Waals surface area contributed by atoms with Crippen molar-refractivity contribution >= 4 is 53.2 Å². The zero-order valence-corrected chi connectivity index (χ0v) is 17.0. The second kappa shape index (κ2) is 8.73. The molecule has 0 saturated carbocycles. The molecular formula is C18H16Cl2N4O2S. The maximum Gasteiger partial charge on any atom is 0.250 e. The monoisotopic (exact) mass is 422 g/mol. The number of fused-ring (bicyclic) bond motifs is 1. The summed E-state index contributed by atoms with van der Waals surface area (Å²) in [6.45, 7) is 4.09. The quantitative estimate of drug-likeness (QED) is 0.340. The van der Waals surface area contributed by atoms with Crippen molar-refractivity contribution < 1.29 is 9.53 Å². The number of amides is 1. The third-order valence-corrected chi connectivity index (χ3v) is 4.82. The molecule has 0 radical (unpaired) electrons. The Labute approximate surface area is 171 Å². The number of halogens is 2. The lowest BCUT2D eigenvalue weighted by Crippen LogP contribution is -2.20. The highest BCUT2D eigenvalue weighted by Gasteiger charge is 2.15. The molecule has 2 aromatic rings. The summed E-state index contributed by atoms with van der Waals surface area (Å²) in [5.74, 6) is 0.513. The van der Waals surface area contributed by atoms with Gasteiger partial charge in [0.05, 0.1) is 17.0 Å². The Morgan fingerprint density at radius 3 is 2.78 bits per heavy atom. The SMILES string of the molecule is Cc1cc(C)nc(SCC(=O)N/N=C/C2=Cc3cc(Cl)cc(Cl)c3OC2)n1. The molecule has 3 rings (SSSR count). The fraction of sp³-hybridized carbons (Fsp3) is 0.222. The van der Waals surface area contributed by atoms with Crippen molar-refractivity contribution in [2.45, 2.75) is 19.0 Å². The largest absolute Gasteiger partial charge is 0.487 e. The van der Waals surface area contributed by atoms with Gasteiger partial charge in [0.1, 0.15) is 12.4 Å². The van der Waals surface area contributed by atoms with Gasteiger partial charge in [0, 0.05) is 27.5 Å². The van der Waals surface area contributed by atoms with Crippen LogP contribution >= 0.6 is 35.0 Å². The summed E-state index contributed by atoms with van der Waals surface area (Å²) >= 11 is 13.4. The maximum absolute atomic E-state index is 11.9. The van der Waals surface area contributed by atoms with Crippen molar-refractivity contribution in [3.8, 4) is 5.75 Å². The molecule has 0 saturated heterocycles. The van der Waals surface area contributed by atoms with Crippen LogP contribution in [0.4, 0.5) is 0 Å². The highest BCUT2D eigenvalue weighted by atomic mass is 35.5. The zero-order chi connectivity index (χ0) is 19.4. The molecular weight excluding hydrogens is 407 g/mol. The Balaban J connectivity index is 1.55. The van der Waals surface area contributed by atoms with Gasteiger partial charge in [-0.15, -0.1) is 0 Å². The van der Waals surface area contributed by atoms with Crippen molar-refractivity contribution in [3.63, 3.8) is 0 Å². The number of rotatable bonds is 5. The summed E-state index contributed by atoms with van der Waals surface area (Å²) in [6.07, 6.45) is 3.40. The first-order valence-electron chi connectivity index (χ1n) is 8.00. The van der Waals surface area contributed by atoms with E-state index in [2.05, 4.69) is 20.5 Å². The Bertz CT molecular complexity index is 927. The van der Waals surface area contributed by atoms with Crippen molar-refractivity contribution in [1.29, 1.82) is 0 Å². The van der Waals surface area contributed by atoms with Gasteiger partial charge >= 0.3 is 0 Å². The number of nitrogens with one attached hydrogen (secondary N) is 1. The lowest BCUT2D eigenvalue weighted by atomic mass is 10.1. The third kappa shape index (κ3) is 5.45. The summed E-state index contributed by atoms with van der Waals surface area (Å²) in [5.41, 5.74) is 5.78. The van der Waals surface area contributed by atoms with E-state index in [1.807, 2.05) is 26.0 Å². The van der Waals surface area contributed by atoms with Crippen LogP contribution in [0.5, 0.6) is 5.75 Å². The normalized spacial score (nSPS) is 13.1. The van der Waals surface area contributed by atoms with E-state index in [-0.39, 0.29) is 11.7 Å². The molecule has 6 nitrogen and oxygen atoms in total. The molecule has 0 fully saturated rings. The highest BCUT2D eigenvalue weighted by Crippen LogP contribution is 2.36. The Kier molecular flexibility index (Phi) is 6.36. The van der Waals surface area contributed by atoms with Gasteiger partial charge < -0.3 is 4.74 Å². The van der Waals surface area contributed by atoms with Crippen LogP contribution in [0, 0.1) is 13.8 Å². The van der Waals surface area contributed by atoms with E-state index in [9.17, 15) is 4.79 Å². The first-order chi connectivity index (χ1) is 12.9. The minimum atomic E-state index is -0.247. The number of aromatic nitrogens is 2. The molecule has 0 bridgehead atoms. The van der Waals surface area contributed by atoms with E-state index < -0.39 is 0 Å². The number of carbonyl (C=O) groups is 1. The fourth-order valence-electron chi connectivity index (χ4n) is 2.42. The molecule has 1 aromatic heterocycles. The molecule has 0 spiro atoms. The molecule has 1 aliphatic heterocycles. The molecule has 140 valence electrons. The van der Waals surface area contributed by atoms with Gasteiger partial charge in [0.15, 0.2) is 5.16 Å². The number of nitrogens with zero attached hydrogens (tertiary/aromatic N) is 3. The maximum atomic E-state index is 11.9. The highest BCUT2D eigenvalue weighted by molar-refractivity contribution is 7.99. The molecule has 1 aliphatic rings. The van der Waals surface area contributed by atoms with Crippen LogP contribution in [0.25, 0.3) is 6.08 Å². The van der Waals surface area contributed by atoms with Gasteiger partial charge in [-0.2, -0.15) is 5.10 Å². The second-order valence-corrected chi connectivity index (χ2v) is 7.62. The molecule has 0 unspecified atom stereocenters. The van der Waals surface area contributed by atoms with Crippen LogP contribution in [0.15, 0.2) is 34.0 Å². The number of hydrogen-bond donors (Lipinski definition) is 1. The standard InChI is InChI=1S/C18H16Cl2N4O2S/c1-10-3-11(2)23-18(22-10)27-9-16(25)24-21-7-12-4-13-5-14(19)6-15(20)17(13)26-8-12/h3-7H,8-9H2,1-2H3,(H,24,25)/b21-7+. The molecule has 1 aromatic carbocycles. The van der Waals surface area contributed by atoms with E-state index in [0.29, 0.717) is 27.6 Å². The smallest absolute Gasteiger partial charge is 0.250 e. The van der Waals surface area contributed by atoms with Crippen molar-refractivity contribution in [1.82, 2.24) is 15.4 Å². The number of aryl methyl sites for hydroxylation is 2. The minimum Gasteiger partial charge on any atom is -0.487 e. The number of thioether (sulfide) groups is 1. The summed E-state index contributed by atoms with van der Waals surface area (Å²) in [7, 11) is 0. The average Bonchev–Trinajstić information content (AvgIpc) is 2.58. The lowest BCUT2D eigenvalue weighted by molar-refractivity contribution is -0.118. The van der Waals surface area contributed by atoms with E-state index in [0.717, 1.165) is 22.5 Å². The van der Waals surface area contributed by atoms with Gasteiger partial charge in [0.25, 0.3) is 5.91 Å². The van der Waals surface area contributed by atoms with Gasteiger partial charge in [-0.05, 0) is 38.1 Å². The summed E-state index contributed by atoms with van der Waals surface area (Å²) in [5, 5.41) is 5.52. The third-order valence-electron chi connectivity index (χ3n) is 3.47. The first-order valence-corrected chi connectivity index (χ1v) is 9.74. The minimum absolute atomic E-state index is 0.170. The van der Waals surface area contributed by atoms with Crippen LogP contribution in [-0.2, 0) is 4.79 Å². The van der Waals surface area contributed by atoms with Crippen LogP contribution < -0.4 is 10.2 Å². The zero-order valence-electron chi connectivity index (χ0n) is 14.6. The Morgan fingerprint density at radius 2 is 2.04 bits per heavy atom. The fourth-order valence-corrected chi connectivity index (χ4v) is 3.72. The van der Waals surface area contributed by atoms with Crippen LogP contribution in [0.3, 0.4) is 0 Å². The van der Waals surface area contributed by atoms with E-state index in [4.69, 9.17) is 27.9 Å². The van der Waals surface area contributed by atoms with E-state index >= 15 is 0 Å². The van der Waals surface area contributed by atoms with Crippen molar-refractivity contribution in [2.75, 3.05) is 12.4 Å². The van der Waals surface area contributed by atoms with Gasteiger partial charge in [0.2, 0.25) is 0 Å². The van der Waals surface area contributed by atoms with Crippen LogP contribution in [0.2, 0.25) is 10.0 Å². The molecule has 1 N–H and O–H groups in total. The molecule has 2 heterocycles. The van der Waals surface area contributed by atoms with Crippen molar-refractivity contribution in [3.05, 3.63) is 50.8 Å². The van der Waals surface area contributed by atoms with Gasteiger partial charge in [-0.25, -0.2) is 15.4 Å². The first kappa shape index (κ1) is 19.7. The lowest BCUT2D eigenvalue weighted by Gasteiger charge is -2.17. The number of hydrogen-bond acceptors (Lipinski definition) is 6. The number of benzene rings is 1. The molecule has 27 heavy (non-hydrogen) atoms. The van der Waals surface area contributed by atoms with Crippen LogP contribution in [0.1, 0.15) is 17.0 Å². The summed E-state index contributed by atoms with van der Waals surface area (Å²) in [6, 6.07) is 5.27. The number of hydrazone groups is 1. The summed E-state index contributed by atoms with van der Waals surface area (Å²) in [4.78, 5) is 20.5. The predicted octanol–water partition coefficient (Wildman–Crippen LogP) is 4.07. The molecule has 0 atom stereocenters. The van der Waals surface area contributed by atoms with Gasteiger partial charge in [-0.1, -0.05) is 35.0 Å². The topological polar surface area (TPSA) is 76.5 Å². The number of carbonyl (C=O) groups excluding carboxylic acids is 1. The molecule has 0 aliphatic carbocycles.